The molecule has 2 aromatic carbocycles. The topological polar surface area (TPSA) is 118 Å². The number of cyclic esters (lactones) is 1. The van der Waals surface area contributed by atoms with Crippen LogP contribution in [0.2, 0.25) is 0 Å². The quantitative estimate of drug-likeness (QED) is 0.496. The molecule has 2 N–H and O–H groups in total. The molecule has 0 fully saturated rings. The summed E-state index contributed by atoms with van der Waals surface area (Å²) in [5, 5.41) is 19.2. The Morgan fingerprint density at radius 3 is 1.77 bits per heavy atom. The maximum atomic E-state index is 13.1. The Hall–Kier alpha value is -3.74. The number of hydrogen-bond acceptors (Lipinski definition) is 7. The predicted molar refractivity (Wildman–Crippen MR) is 110 cm³/mol. The van der Waals surface area contributed by atoms with Crippen LogP contribution in [0, 0.1) is 5.41 Å². The molecule has 0 saturated heterocycles. The summed E-state index contributed by atoms with van der Waals surface area (Å²) in [5.74, 6) is -3.69. The van der Waals surface area contributed by atoms with Crippen LogP contribution in [-0.4, -0.2) is 33.5 Å². The predicted octanol–water partition coefficient (Wildman–Crippen LogP) is 2.82. The molecule has 1 aliphatic rings. The molecule has 0 unspecified atom stereocenters. The molecule has 0 spiro atoms. The highest BCUT2D eigenvalue weighted by Crippen LogP contribution is 2.34. The molecule has 1 aliphatic heterocycles. The van der Waals surface area contributed by atoms with E-state index in [0.717, 1.165) is 6.08 Å². The van der Waals surface area contributed by atoms with Crippen LogP contribution < -0.4 is 0 Å². The van der Waals surface area contributed by atoms with E-state index in [2.05, 4.69) is 0 Å². The van der Waals surface area contributed by atoms with E-state index < -0.39 is 28.7 Å². The van der Waals surface area contributed by atoms with Crippen LogP contribution >= 0.6 is 0 Å². The third-order valence-corrected chi connectivity index (χ3v) is 5.20. The molecule has 160 valence electrons. The number of aryl methyl sites for hydroxylation is 2. The lowest BCUT2D eigenvalue weighted by Crippen LogP contribution is -2.54. The highest BCUT2D eigenvalue weighted by molar-refractivity contribution is 6.40. The molecule has 0 aliphatic carbocycles. The van der Waals surface area contributed by atoms with Gasteiger partial charge in [-0.25, -0.2) is 4.79 Å². The average molecular weight is 422 g/mol. The Balaban J connectivity index is 1.86. The number of allylic oxidation sites excluding steroid dienone is 2. The molecule has 2 aromatic rings. The number of rotatable bonds is 8. The zero-order valence-electron chi connectivity index (χ0n) is 17.0. The first-order chi connectivity index (χ1) is 14.7. The summed E-state index contributed by atoms with van der Waals surface area (Å²) < 4.78 is 5.04. The van der Waals surface area contributed by atoms with E-state index in [1.165, 1.54) is 31.2 Å². The zero-order chi connectivity index (χ0) is 22.6. The van der Waals surface area contributed by atoms with Gasteiger partial charge in [-0.15, -0.1) is 0 Å². The van der Waals surface area contributed by atoms with Crippen LogP contribution in [0.4, 0.5) is 0 Å². The van der Waals surface area contributed by atoms with E-state index in [1.807, 2.05) is 0 Å². The molecule has 3 rings (SSSR count). The van der Waals surface area contributed by atoms with E-state index in [0.29, 0.717) is 11.1 Å². The van der Waals surface area contributed by atoms with Crippen LogP contribution in [0.15, 0.2) is 60.4 Å². The van der Waals surface area contributed by atoms with Gasteiger partial charge in [0.25, 0.3) is 0 Å². The fourth-order valence-corrected chi connectivity index (χ4v) is 3.62. The van der Waals surface area contributed by atoms with Gasteiger partial charge in [0.15, 0.2) is 17.3 Å². The van der Waals surface area contributed by atoms with Crippen molar-refractivity contribution in [2.75, 3.05) is 0 Å². The number of esters is 1. The van der Waals surface area contributed by atoms with Gasteiger partial charge in [-0.3, -0.25) is 14.4 Å². The van der Waals surface area contributed by atoms with E-state index >= 15 is 0 Å². The Kier molecular flexibility index (Phi) is 6.34. The first-order valence-corrected chi connectivity index (χ1v) is 9.81. The van der Waals surface area contributed by atoms with Gasteiger partial charge in [-0.05, 0) is 55.2 Å². The molecule has 7 nitrogen and oxygen atoms in total. The number of ketones is 3. The number of ether oxygens (including phenoxy) is 1. The smallest absolute Gasteiger partial charge is 0.340 e. The molecule has 0 aromatic heterocycles. The minimum Gasteiger partial charge on any atom is -0.508 e. The third-order valence-electron chi connectivity index (χ3n) is 5.20. The summed E-state index contributed by atoms with van der Waals surface area (Å²) in [6.07, 6.45) is 0.764. The Labute approximate surface area is 179 Å². The number of Topliss-reactive ketones (excluding diaryl/α,β-unsaturated/α-hetero) is 2. The number of phenols is 2. The van der Waals surface area contributed by atoms with Crippen LogP contribution in [0.3, 0.4) is 0 Å². The van der Waals surface area contributed by atoms with Crippen LogP contribution in [0.25, 0.3) is 0 Å². The van der Waals surface area contributed by atoms with Gasteiger partial charge in [-0.1, -0.05) is 24.3 Å². The normalized spacial score (nSPS) is 15.2. The van der Waals surface area contributed by atoms with Crippen LogP contribution in [0.5, 0.6) is 11.5 Å². The van der Waals surface area contributed by atoms with Gasteiger partial charge in [0.2, 0.25) is 5.41 Å². The van der Waals surface area contributed by atoms with E-state index in [1.54, 1.807) is 24.3 Å². The van der Waals surface area contributed by atoms with Crippen molar-refractivity contribution in [1.82, 2.24) is 0 Å². The first kappa shape index (κ1) is 22.0. The molecular formula is C24H22O7. The molecule has 0 bridgehead atoms. The average Bonchev–Trinajstić information content (AvgIpc) is 2.70. The minimum absolute atomic E-state index is 0.0205. The van der Waals surface area contributed by atoms with Crippen molar-refractivity contribution in [2.45, 2.75) is 32.6 Å². The molecular weight excluding hydrogens is 400 g/mol. The number of carbonyl (C=O) groups excluding carboxylic acids is 4. The summed E-state index contributed by atoms with van der Waals surface area (Å²) >= 11 is 0. The molecule has 1 heterocycles. The van der Waals surface area contributed by atoms with Crippen molar-refractivity contribution in [3.05, 3.63) is 71.5 Å². The number of carbonyl (C=O) groups is 4. The number of hydrogen-bond donors (Lipinski definition) is 2. The highest BCUT2D eigenvalue weighted by atomic mass is 16.5. The molecule has 0 saturated carbocycles. The standard InChI is InChI=1S/C24H22O7/c1-15-12-22(29)24(23(30)31-15,20(27)10-8-16-4-2-6-18(25)13-16)21(28)11-9-17-5-3-7-19(26)14-17/h2-7,12-14,25-26H,8-11H2,1H3. The molecule has 7 heteroatoms. The fraction of sp³-hybridized carbons (Fsp3) is 0.250. The maximum Gasteiger partial charge on any atom is 0.340 e. The first-order valence-electron chi connectivity index (χ1n) is 9.81. The Morgan fingerprint density at radius 2 is 1.35 bits per heavy atom. The van der Waals surface area contributed by atoms with Gasteiger partial charge in [0.05, 0.1) is 0 Å². The summed E-state index contributed by atoms with van der Waals surface area (Å²) in [4.78, 5) is 51.9. The second-order valence-electron chi connectivity index (χ2n) is 7.44. The van der Waals surface area contributed by atoms with Gasteiger partial charge >= 0.3 is 5.97 Å². The van der Waals surface area contributed by atoms with Crippen molar-refractivity contribution < 1.29 is 34.1 Å². The lowest BCUT2D eigenvalue weighted by molar-refractivity contribution is -0.165. The SMILES string of the molecule is CC1=CC(=O)C(C(=O)CCc2cccc(O)c2)(C(=O)CCc2cccc(O)c2)C(=O)O1. The van der Waals surface area contributed by atoms with E-state index in [9.17, 15) is 29.4 Å². The Bertz CT molecular complexity index is 1020. The van der Waals surface area contributed by atoms with Gasteiger partial charge in [0.1, 0.15) is 17.3 Å². The minimum atomic E-state index is -2.53. The Morgan fingerprint density at radius 1 is 0.871 bits per heavy atom. The molecule has 0 radical (unpaired) electrons. The molecule has 0 atom stereocenters. The van der Waals surface area contributed by atoms with Gasteiger partial charge < -0.3 is 14.9 Å². The van der Waals surface area contributed by atoms with Crippen molar-refractivity contribution in [2.24, 2.45) is 5.41 Å². The van der Waals surface area contributed by atoms with Crippen molar-refractivity contribution in [3.8, 4) is 11.5 Å². The van der Waals surface area contributed by atoms with Crippen molar-refractivity contribution in [1.29, 1.82) is 0 Å². The molecule has 31 heavy (non-hydrogen) atoms. The lowest BCUT2D eigenvalue weighted by atomic mass is 9.71. The second-order valence-corrected chi connectivity index (χ2v) is 7.44. The number of benzene rings is 2. The number of phenolic OH excluding ortho intramolecular Hbond substituents is 2. The zero-order valence-corrected chi connectivity index (χ0v) is 17.0. The summed E-state index contributed by atoms with van der Waals surface area (Å²) in [6.45, 7) is 1.40. The second kappa shape index (κ2) is 8.95. The van der Waals surface area contributed by atoms with E-state index in [4.69, 9.17) is 4.74 Å². The lowest BCUT2D eigenvalue weighted by Gasteiger charge is -2.29. The summed E-state index contributed by atoms with van der Waals surface area (Å²) in [7, 11) is 0. The highest BCUT2D eigenvalue weighted by Gasteiger charge is 2.59. The van der Waals surface area contributed by atoms with Crippen LogP contribution in [0.1, 0.15) is 30.9 Å². The fourth-order valence-electron chi connectivity index (χ4n) is 3.62. The summed E-state index contributed by atoms with van der Waals surface area (Å²) in [5.41, 5.74) is -1.29. The van der Waals surface area contributed by atoms with Crippen molar-refractivity contribution >= 4 is 23.3 Å². The molecule has 0 amide bonds. The number of aromatic hydroxyl groups is 2. The van der Waals surface area contributed by atoms with Crippen molar-refractivity contribution in [3.63, 3.8) is 0 Å². The van der Waals surface area contributed by atoms with E-state index in [-0.39, 0.29) is 42.9 Å². The van der Waals surface area contributed by atoms with Crippen LogP contribution in [-0.2, 0) is 36.8 Å². The van der Waals surface area contributed by atoms with Gasteiger partial charge in [-0.2, -0.15) is 0 Å². The monoisotopic (exact) mass is 422 g/mol. The third kappa shape index (κ3) is 4.55. The maximum absolute atomic E-state index is 13.1. The van der Waals surface area contributed by atoms with Gasteiger partial charge in [0, 0.05) is 18.9 Å². The summed E-state index contributed by atoms with van der Waals surface area (Å²) in [6, 6.07) is 12.5. The largest absolute Gasteiger partial charge is 0.508 e.